The minimum atomic E-state index is -5.13. The van der Waals surface area contributed by atoms with E-state index >= 15 is 0 Å². The molecule has 10 heteroatoms. The van der Waals surface area contributed by atoms with Gasteiger partial charge < -0.3 is 25.2 Å². The number of halogens is 3. The van der Waals surface area contributed by atoms with Gasteiger partial charge in [-0.05, 0) is 55.4 Å². The highest BCUT2D eigenvalue weighted by Gasteiger charge is 2.62. The molecule has 206 valence electrons. The van der Waals surface area contributed by atoms with Gasteiger partial charge >= 0.3 is 6.18 Å². The number of nitrogens with two attached hydrogens (primary N) is 1. The Morgan fingerprint density at radius 1 is 1.05 bits per heavy atom. The van der Waals surface area contributed by atoms with Crippen molar-refractivity contribution in [1.82, 2.24) is 4.90 Å². The van der Waals surface area contributed by atoms with Gasteiger partial charge in [-0.25, -0.2) is 0 Å². The average Bonchev–Trinajstić information content (AvgIpc) is 2.87. The number of hydrogen-bond acceptors (Lipinski definition) is 5. The lowest BCUT2D eigenvalue weighted by atomic mass is 9.88. The molecule has 1 atom stereocenters. The number of primary amides is 1. The molecule has 2 aromatic rings. The Bertz CT molecular complexity index is 1120. The Morgan fingerprint density at radius 2 is 1.74 bits per heavy atom. The molecule has 0 aliphatic carbocycles. The van der Waals surface area contributed by atoms with Crippen LogP contribution in [0.5, 0.6) is 5.75 Å². The van der Waals surface area contributed by atoms with Crippen LogP contribution in [0.15, 0.2) is 48.5 Å². The summed E-state index contributed by atoms with van der Waals surface area (Å²) in [5.41, 5.74) is 2.77. The standard InChI is InChI=1S/C28H33F3N2O5/c29-28(30,31)27(36,21-7-2-1-3-8-21)26(35)33-13-11-19(12-14-33)6-4-5-15-38-22-9-10-23(25(32)34)24(16-22)20-17-37-18-20/h1-3,7-10,16,19-20,36H,4-6,11-15,17-18H2,(H2,32,34). The van der Waals surface area contributed by atoms with Crippen LogP contribution in [0, 0.1) is 5.92 Å². The van der Waals surface area contributed by atoms with Crippen LogP contribution in [0.3, 0.4) is 0 Å². The summed E-state index contributed by atoms with van der Waals surface area (Å²) in [6, 6.07) is 11.8. The van der Waals surface area contributed by atoms with E-state index in [-0.39, 0.29) is 24.9 Å². The highest BCUT2D eigenvalue weighted by Crippen LogP contribution is 2.41. The van der Waals surface area contributed by atoms with E-state index < -0.39 is 29.2 Å². The second-order valence-corrected chi connectivity index (χ2v) is 10.0. The Kier molecular flexibility index (Phi) is 8.62. The Hall–Kier alpha value is -3.11. The van der Waals surface area contributed by atoms with Gasteiger partial charge in [0.05, 0.1) is 19.8 Å². The SMILES string of the molecule is NC(=O)c1ccc(OCCCCC2CCN(C(=O)C(O)(c3ccccc3)C(F)(F)F)CC2)cc1C1COC1. The first-order valence-corrected chi connectivity index (χ1v) is 12.9. The number of ether oxygens (including phenoxy) is 2. The van der Waals surface area contributed by atoms with Gasteiger partial charge in [0.2, 0.25) is 5.91 Å². The quantitative estimate of drug-likeness (QED) is 0.446. The van der Waals surface area contributed by atoms with Gasteiger partial charge in [0.15, 0.2) is 0 Å². The van der Waals surface area contributed by atoms with Crippen molar-refractivity contribution in [3.63, 3.8) is 0 Å². The third kappa shape index (κ3) is 5.96. The normalized spacial score (nSPS) is 18.5. The van der Waals surface area contributed by atoms with Gasteiger partial charge in [-0.3, -0.25) is 9.59 Å². The summed E-state index contributed by atoms with van der Waals surface area (Å²) in [7, 11) is 0. The fourth-order valence-corrected chi connectivity index (χ4v) is 5.07. The molecule has 0 bridgehead atoms. The van der Waals surface area contributed by atoms with Gasteiger partial charge in [-0.1, -0.05) is 36.8 Å². The number of hydrogen-bond donors (Lipinski definition) is 2. The van der Waals surface area contributed by atoms with Crippen LogP contribution in [0.25, 0.3) is 0 Å². The van der Waals surface area contributed by atoms with Gasteiger partial charge in [-0.15, -0.1) is 0 Å². The molecular weight excluding hydrogens is 501 g/mol. The van der Waals surface area contributed by atoms with Crippen LogP contribution in [0.1, 0.15) is 59.5 Å². The van der Waals surface area contributed by atoms with Crippen LogP contribution in [-0.4, -0.2) is 60.9 Å². The first kappa shape index (κ1) is 27.9. The van der Waals surface area contributed by atoms with Gasteiger partial charge in [0.25, 0.3) is 11.5 Å². The van der Waals surface area contributed by atoms with Crippen LogP contribution in [0.4, 0.5) is 13.2 Å². The molecule has 1 unspecified atom stereocenters. The van der Waals surface area contributed by atoms with Crippen molar-refractivity contribution in [3.05, 3.63) is 65.2 Å². The number of amides is 2. The van der Waals surface area contributed by atoms with Crippen LogP contribution in [-0.2, 0) is 15.1 Å². The zero-order valence-electron chi connectivity index (χ0n) is 21.1. The molecule has 2 amide bonds. The molecule has 2 aliphatic rings. The second-order valence-electron chi connectivity index (χ2n) is 10.0. The summed E-state index contributed by atoms with van der Waals surface area (Å²) >= 11 is 0. The Labute approximate surface area is 219 Å². The molecule has 38 heavy (non-hydrogen) atoms. The Morgan fingerprint density at radius 3 is 2.32 bits per heavy atom. The Balaban J connectivity index is 1.22. The largest absolute Gasteiger partial charge is 0.494 e. The van der Waals surface area contributed by atoms with E-state index in [2.05, 4.69) is 0 Å². The second kappa shape index (κ2) is 11.7. The summed E-state index contributed by atoms with van der Waals surface area (Å²) in [5, 5.41) is 10.5. The third-order valence-electron chi connectivity index (χ3n) is 7.45. The van der Waals surface area contributed by atoms with E-state index in [4.69, 9.17) is 15.2 Å². The van der Waals surface area contributed by atoms with Crippen LogP contribution in [0.2, 0.25) is 0 Å². The maximum atomic E-state index is 13.8. The molecule has 2 fully saturated rings. The first-order valence-electron chi connectivity index (χ1n) is 12.9. The summed E-state index contributed by atoms with van der Waals surface area (Å²) in [5.74, 6) is -0.708. The van der Waals surface area contributed by atoms with Crippen molar-refractivity contribution in [3.8, 4) is 5.75 Å². The monoisotopic (exact) mass is 534 g/mol. The van der Waals surface area contributed by atoms with Crippen molar-refractivity contribution >= 4 is 11.8 Å². The molecule has 2 aromatic carbocycles. The zero-order valence-corrected chi connectivity index (χ0v) is 21.1. The van der Waals surface area contributed by atoms with Crippen molar-refractivity contribution < 1.29 is 37.3 Å². The number of benzene rings is 2. The maximum Gasteiger partial charge on any atom is 0.430 e. The van der Waals surface area contributed by atoms with Gasteiger partial charge in [0.1, 0.15) is 5.75 Å². The van der Waals surface area contributed by atoms with E-state index in [0.29, 0.717) is 44.0 Å². The minimum absolute atomic E-state index is 0.138. The van der Waals surface area contributed by atoms with Gasteiger partial charge in [-0.2, -0.15) is 13.2 Å². The van der Waals surface area contributed by atoms with Crippen LogP contribution < -0.4 is 10.5 Å². The molecular formula is C28H33F3N2O5. The number of alkyl halides is 3. The summed E-state index contributed by atoms with van der Waals surface area (Å²) in [6.45, 7) is 1.94. The lowest BCUT2D eigenvalue weighted by Gasteiger charge is -2.38. The molecule has 3 N–H and O–H groups in total. The topological polar surface area (TPSA) is 102 Å². The van der Waals surface area contributed by atoms with Crippen molar-refractivity contribution in [2.24, 2.45) is 11.7 Å². The molecule has 4 rings (SSSR count). The lowest BCUT2D eigenvalue weighted by molar-refractivity contribution is -0.262. The zero-order chi connectivity index (χ0) is 27.3. The van der Waals surface area contributed by atoms with E-state index in [0.717, 1.165) is 41.9 Å². The number of carbonyl (C=O) groups is 2. The fraction of sp³-hybridized carbons (Fsp3) is 0.500. The molecule has 2 heterocycles. The summed E-state index contributed by atoms with van der Waals surface area (Å²) < 4.78 is 52.6. The first-order chi connectivity index (χ1) is 18.1. The number of likely N-dealkylation sites (tertiary alicyclic amines) is 1. The minimum Gasteiger partial charge on any atom is -0.494 e. The lowest BCUT2D eigenvalue weighted by Crippen LogP contribution is -2.57. The molecule has 2 aliphatic heterocycles. The molecule has 7 nitrogen and oxygen atoms in total. The fourth-order valence-electron chi connectivity index (χ4n) is 5.07. The van der Waals surface area contributed by atoms with Crippen molar-refractivity contribution in [2.45, 2.75) is 49.8 Å². The smallest absolute Gasteiger partial charge is 0.430 e. The summed E-state index contributed by atoms with van der Waals surface area (Å²) in [6.07, 6.45) is -1.43. The third-order valence-corrected chi connectivity index (χ3v) is 7.45. The highest BCUT2D eigenvalue weighted by atomic mass is 19.4. The molecule has 0 saturated carbocycles. The predicted octanol–water partition coefficient (Wildman–Crippen LogP) is 4.14. The highest BCUT2D eigenvalue weighted by molar-refractivity contribution is 5.94. The van der Waals surface area contributed by atoms with Crippen molar-refractivity contribution in [1.29, 1.82) is 0 Å². The van der Waals surface area contributed by atoms with Crippen LogP contribution >= 0.6 is 0 Å². The molecule has 0 radical (unpaired) electrons. The number of unbranched alkanes of at least 4 members (excludes halogenated alkanes) is 1. The molecule has 2 saturated heterocycles. The number of aliphatic hydroxyl groups is 1. The van der Waals surface area contributed by atoms with E-state index in [9.17, 15) is 27.9 Å². The van der Waals surface area contributed by atoms with E-state index in [1.54, 1.807) is 12.1 Å². The van der Waals surface area contributed by atoms with E-state index in [1.807, 2.05) is 6.07 Å². The number of rotatable bonds is 10. The molecule has 0 aromatic heterocycles. The maximum absolute atomic E-state index is 13.8. The van der Waals surface area contributed by atoms with Gasteiger partial charge in [0, 0.05) is 30.1 Å². The predicted molar refractivity (Wildman–Crippen MR) is 134 cm³/mol. The summed E-state index contributed by atoms with van der Waals surface area (Å²) in [4.78, 5) is 25.7. The number of carbonyl (C=O) groups excluding carboxylic acids is 2. The number of nitrogens with zero attached hydrogens (tertiary/aromatic N) is 1. The number of piperidine rings is 1. The average molecular weight is 535 g/mol. The van der Waals surface area contributed by atoms with E-state index in [1.165, 1.54) is 18.2 Å². The van der Waals surface area contributed by atoms with Crippen molar-refractivity contribution in [2.75, 3.05) is 32.9 Å². The molecule has 0 spiro atoms.